The fourth-order valence-electron chi connectivity index (χ4n) is 1.69. The maximum atomic E-state index is 9.18. The molecule has 0 aromatic heterocycles. The normalized spacial score (nSPS) is 13.5. The topological polar surface area (TPSA) is 54.3 Å². The maximum absolute atomic E-state index is 9.18. The number of hydrogen-bond donors (Lipinski definition) is 1. The van der Waals surface area contributed by atoms with Crippen LogP contribution in [0.3, 0.4) is 0 Å². The van der Waals surface area contributed by atoms with Gasteiger partial charge >= 0.3 is 0 Å². The van der Waals surface area contributed by atoms with Crippen molar-refractivity contribution < 1.29 is 9.47 Å². The van der Waals surface area contributed by atoms with E-state index in [0.717, 1.165) is 5.56 Å². The highest BCUT2D eigenvalue weighted by molar-refractivity contribution is 6.17. The molecule has 0 aliphatic rings. The Balaban J connectivity index is 2.95. The van der Waals surface area contributed by atoms with Gasteiger partial charge in [0.1, 0.15) is 5.54 Å². The number of nitriles is 1. The number of methoxy groups -OCH3 is 2. The molecule has 1 atom stereocenters. The largest absolute Gasteiger partial charge is 0.493 e. The summed E-state index contributed by atoms with van der Waals surface area (Å²) in [4.78, 5) is 0. The number of alkyl halides is 1. The van der Waals surface area contributed by atoms with E-state index in [4.69, 9.17) is 21.1 Å². The Hall–Kier alpha value is -1.44. The third-order valence-corrected chi connectivity index (χ3v) is 2.84. The zero-order valence-electron chi connectivity index (χ0n) is 10.8. The SMILES string of the molecule is COc1ccc(C[C@](C)(C#N)NCCl)cc1OC. The molecule has 18 heavy (non-hydrogen) atoms. The Morgan fingerprint density at radius 1 is 1.33 bits per heavy atom. The van der Waals surface area contributed by atoms with Crippen molar-refractivity contribution in [3.63, 3.8) is 0 Å². The molecule has 5 heteroatoms. The van der Waals surface area contributed by atoms with Crippen molar-refractivity contribution in [1.82, 2.24) is 5.32 Å². The molecule has 0 saturated heterocycles. The van der Waals surface area contributed by atoms with E-state index in [1.165, 1.54) is 0 Å². The first-order chi connectivity index (χ1) is 8.58. The predicted octanol–water partition coefficient (Wildman–Crippen LogP) is 2.31. The third-order valence-electron chi connectivity index (χ3n) is 2.71. The number of halogens is 1. The first kappa shape index (κ1) is 14.6. The second-order valence-corrected chi connectivity index (χ2v) is 4.39. The number of ether oxygens (including phenoxy) is 2. The zero-order chi connectivity index (χ0) is 13.6. The molecule has 0 unspecified atom stereocenters. The minimum atomic E-state index is -0.693. The smallest absolute Gasteiger partial charge is 0.160 e. The van der Waals surface area contributed by atoms with Gasteiger partial charge in [0, 0.05) is 6.42 Å². The Bertz CT molecular complexity index is 445. The zero-order valence-corrected chi connectivity index (χ0v) is 11.5. The fraction of sp³-hybridized carbons (Fsp3) is 0.462. The fourth-order valence-corrected chi connectivity index (χ4v) is 1.98. The van der Waals surface area contributed by atoms with Gasteiger partial charge < -0.3 is 9.47 Å². The molecule has 0 radical (unpaired) electrons. The number of nitrogens with zero attached hydrogens (tertiary/aromatic N) is 1. The average molecular weight is 269 g/mol. The lowest BCUT2D eigenvalue weighted by Gasteiger charge is -2.22. The van der Waals surface area contributed by atoms with Crippen LogP contribution in [0.2, 0.25) is 0 Å². The predicted molar refractivity (Wildman–Crippen MR) is 71.1 cm³/mol. The molecule has 0 saturated carbocycles. The van der Waals surface area contributed by atoms with E-state index in [2.05, 4.69) is 11.4 Å². The van der Waals surface area contributed by atoms with E-state index < -0.39 is 5.54 Å². The molecular formula is C13H17ClN2O2. The summed E-state index contributed by atoms with van der Waals surface area (Å²) >= 11 is 5.63. The highest BCUT2D eigenvalue weighted by Gasteiger charge is 2.23. The summed E-state index contributed by atoms with van der Waals surface area (Å²) in [6.45, 7) is 1.81. The van der Waals surface area contributed by atoms with Gasteiger partial charge in [0.05, 0.1) is 26.3 Å². The average Bonchev–Trinajstić information content (AvgIpc) is 2.38. The number of rotatable bonds is 6. The van der Waals surface area contributed by atoms with Crippen molar-refractivity contribution in [2.45, 2.75) is 18.9 Å². The standard InChI is InChI=1S/C13H17ClN2O2/c1-13(8-15,16-9-14)7-10-4-5-11(17-2)12(6-10)18-3/h4-6,16H,7,9H2,1-3H3/t13-/m1/s1. The highest BCUT2D eigenvalue weighted by atomic mass is 35.5. The lowest BCUT2D eigenvalue weighted by Crippen LogP contribution is -2.42. The quantitative estimate of drug-likeness (QED) is 0.635. The van der Waals surface area contributed by atoms with Gasteiger partial charge in [-0.3, -0.25) is 5.32 Å². The van der Waals surface area contributed by atoms with Gasteiger partial charge in [-0.15, -0.1) is 11.6 Å². The van der Waals surface area contributed by atoms with Crippen LogP contribution >= 0.6 is 11.6 Å². The number of hydrogen-bond acceptors (Lipinski definition) is 4. The van der Waals surface area contributed by atoms with E-state index >= 15 is 0 Å². The highest BCUT2D eigenvalue weighted by Crippen LogP contribution is 2.28. The van der Waals surface area contributed by atoms with Crippen molar-refractivity contribution in [3.8, 4) is 17.6 Å². The molecule has 1 aromatic rings. The maximum Gasteiger partial charge on any atom is 0.160 e. The molecule has 0 aliphatic heterocycles. The number of nitrogens with one attached hydrogen (secondary N) is 1. The molecule has 1 rings (SSSR count). The van der Waals surface area contributed by atoms with Gasteiger partial charge in [-0.05, 0) is 24.6 Å². The second-order valence-electron chi connectivity index (χ2n) is 4.12. The van der Waals surface area contributed by atoms with Crippen molar-refractivity contribution in [2.75, 3.05) is 20.2 Å². The van der Waals surface area contributed by atoms with Crippen LogP contribution in [0.5, 0.6) is 11.5 Å². The van der Waals surface area contributed by atoms with Gasteiger partial charge in [0.25, 0.3) is 0 Å². The summed E-state index contributed by atoms with van der Waals surface area (Å²) in [6, 6.07) is 8.06. The van der Waals surface area contributed by atoms with Gasteiger partial charge in [-0.2, -0.15) is 5.26 Å². The Morgan fingerprint density at radius 2 is 2.00 bits per heavy atom. The van der Waals surface area contributed by atoms with Gasteiger partial charge in [-0.25, -0.2) is 0 Å². The lowest BCUT2D eigenvalue weighted by atomic mass is 9.94. The van der Waals surface area contributed by atoms with Crippen molar-refractivity contribution in [3.05, 3.63) is 23.8 Å². The van der Waals surface area contributed by atoms with Crippen LogP contribution in [0, 0.1) is 11.3 Å². The van der Waals surface area contributed by atoms with Gasteiger partial charge in [0.15, 0.2) is 11.5 Å². The van der Waals surface area contributed by atoms with Crippen LogP contribution in [-0.4, -0.2) is 25.8 Å². The first-order valence-electron chi connectivity index (χ1n) is 5.51. The van der Waals surface area contributed by atoms with Crippen LogP contribution in [-0.2, 0) is 6.42 Å². The molecule has 0 heterocycles. The second kappa shape index (κ2) is 6.48. The van der Waals surface area contributed by atoms with E-state index in [0.29, 0.717) is 17.9 Å². The number of benzene rings is 1. The molecule has 0 aliphatic carbocycles. The molecule has 0 bridgehead atoms. The van der Waals surface area contributed by atoms with E-state index in [-0.39, 0.29) is 6.00 Å². The van der Waals surface area contributed by atoms with Gasteiger partial charge in [0.2, 0.25) is 0 Å². The summed E-state index contributed by atoms with van der Waals surface area (Å²) < 4.78 is 10.4. The van der Waals surface area contributed by atoms with Crippen LogP contribution in [0.15, 0.2) is 18.2 Å². The minimum absolute atomic E-state index is 0.233. The molecule has 1 aromatic carbocycles. The lowest BCUT2D eigenvalue weighted by molar-refractivity contribution is 0.354. The summed E-state index contributed by atoms with van der Waals surface area (Å²) in [7, 11) is 3.17. The van der Waals surface area contributed by atoms with Crippen LogP contribution in [0.1, 0.15) is 12.5 Å². The summed E-state index contributed by atoms with van der Waals surface area (Å²) in [5.41, 5.74) is 0.288. The van der Waals surface area contributed by atoms with E-state index in [1.54, 1.807) is 14.2 Å². The van der Waals surface area contributed by atoms with E-state index in [9.17, 15) is 5.26 Å². The molecule has 0 spiro atoms. The summed E-state index contributed by atoms with van der Waals surface area (Å²) in [6.07, 6.45) is 0.538. The first-order valence-corrected chi connectivity index (χ1v) is 6.05. The third kappa shape index (κ3) is 3.52. The Labute approximate surface area is 112 Å². The molecule has 0 amide bonds. The van der Waals surface area contributed by atoms with E-state index in [1.807, 2.05) is 25.1 Å². The van der Waals surface area contributed by atoms with Crippen LogP contribution in [0.25, 0.3) is 0 Å². The molecule has 0 fully saturated rings. The molecular weight excluding hydrogens is 252 g/mol. The molecule has 1 N–H and O–H groups in total. The van der Waals surface area contributed by atoms with Crippen LogP contribution < -0.4 is 14.8 Å². The molecule has 98 valence electrons. The van der Waals surface area contributed by atoms with Crippen LogP contribution in [0.4, 0.5) is 0 Å². The Morgan fingerprint density at radius 3 is 2.50 bits per heavy atom. The van der Waals surface area contributed by atoms with Crippen molar-refractivity contribution >= 4 is 11.6 Å². The Kier molecular flexibility index (Phi) is 5.26. The summed E-state index contributed by atoms with van der Waals surface area (Å²) in [5.74, 6) is 1.33. The van der Waals surface area contributed by atoms with Crippen molar-refractivity contribution in [1.29, 1.82) is 5.26 Å². The van der Waals surface area contributed by atoms with Crippen molar-refractivity contribution in [2.24, 2.45) is 0 Å². The monoisotopic (exact) mass is 268 g/mol. The van der Waals surface area contributed by atoms with Gasteiger partial charge in [-0.1, -0.05) is 6.07 Å². The molecule has 4 nitrogen and oxygen atoms in total. The summed E-state index contributed by atoms with van der Waals surface area (Å²) in [5, 5.41) is 12.1. The minimum Gasteiger partial charge on any atom is -0.493 e.